The van der Waals surface area contributed by atoms with Crippen LogP contribution in [0.15, 0.2) is 22.5 Å². The number of benzene rings is 1. The number of sulfonamides is 1. The standard InChI is InChI=1S/C33H51N5O6S/c1-25-23-27(37(3)32(34)42)24-26(2)28(25)17-22-45(43,44)38-20-18-33(19-21-38)31(41)35-29(36-33)15-13-11-9-7-5-4-6-8-10-12-14-16-30(39)40/h17,22-24H,4-16,18-21H2,1-3H3,(H2,34,42)(H,39,40)(H,35,36,41)/b22-17+. The number of nitrogens with two attached hydrogens (primary N) is 1. The molecule has 0 atom stereocenters. The number of urea groups is 1. The van der Waals surface area contributed by atoms with Gasteiger partial charge < -0.3 is 16.2 Å². The van der Waals surface area contributed by atoms with E-state index in [0.29, 0.717) is 18.5 Å². The molecule has 11 nitrogen and oxygen atoms in total. The van der Waals surface area contributed by atoms with E-state index in [1.54, 1.807) is 25.3 Å². The molecule has 1 spiro atoms. The maximum Gasteiger partial charge on any atom is 0.318 e. The van der Waals surface area contributed by atoms with Gasteiger partial charge in [-0.25, -0.2) is 13.2 Å². The van der Waals surface area contributed by atoms with E-state index in [4.69, 9.17) is 15.8 Å². The smallest absolute Gasteiger partial charge is 0.318 e. The molecule has 2 heterocycles. The molecule has 1 aromatic carbocycles. The maximum atomic E-state index is 13.2. The van der Waals surface area contributed by atoms with E-state index in [2.05, 4.69) is 5.32 Å². The fraction of sp³-hybridized carbons (Fsp3) is 0.636. The van der Waals surface area contributed by atoms with Crippen LogP contribution in [0.3, 0.4) is 0 Å². The van der Waals surface area contributed by atoms with E-state index in [0.717, 1.165) is 67.5 Å². The molecule has 1 fully saturated rings. The van der Waals surface area contributed by atoms with Crippen LogP contribution in [0.1, 0.15) is 113 Å². The van der Waals surface area contributed by atoms with E-state index >= 15 is 0 Å². The van der Waals surface area contributed by atoms with Gasteiger partial charge in [0.25, 0.3) is 5.91 Å². The number of nitrogens with one attached hydrogen (secondary N) is 1. The molecule has 0 bridgehead atoms. The van der Waals surface area contributed by atoms with Gasteiger partial charge in [0.15, 0.2) is 0 Å². The van der Waals surface area contributed by atoms with Crippen molar-refractivity contribution in [1.29, 1.82) is 0 Å². The number of aliphatic carboxylic acids is 1. The molecule has 2 aliphatic rings. The number of carboxylic acid groups (broad SMARTS) is 1. The van der Waals surface area contributed by atoms with E-state index in [1.807, 2.05) is 13.8 Å². The summed E-state index contributed by atoms with van der Waals surface area (Å²) < 4.78 is 27.8. The summed E-state index contributed by atoms with van der Waals surface area (Å²) in [6.45, 7) is 4.16. The molecule has 3 amide bonds. The van der Waals surface area contributed by atoms with Gasteiger partial charge in [-0.15, -0.1) is 0 Å². The number of amidine groups is 1. The van der Waals surface area contributed by atoms with Crippen molar-refractivity contribution in [2.24, 2.45) is 10.7 Å². The number of aryl methyl sites for hydroxylation is 2. The van der Waals surface area contributed by atoms with Gasteiger partial charge in [-0.2, -0.15) is 4.31 Å². The summed E-state index contributed by atoms with van der Waals surface area (Å²) in [7, 11) is -2.12. The van der Waals surface area contributed by atoms with Crippen molar-refractivity contribution >= 4 is 45.5 Å². The van der Waals surface area contributed by atoms with Crippen LogP contribution in [-0.4, -0.2) is 67.2 Å². The zero-order chi connectivity index (χ0) is 33.0. The number of piperidine rings is 1. The SMILES string of the molecule is Cc1cc(N(C)C(N)=O)cc(C)c1/C=C/S(=O)(=O)N1CCC2(CC1)N=C(CCCCCCCCCCCCCC(=O)O)NC2=O. The summed E-state index contributed by atoms with van der Waals surface area (Å²) in [5.41, 5.74) is 7.55. The molecule has 2 aliphatic heterocycles. The Balaban J connectivity index is 1.39. The summed E-state index contributed by atoms with van der Waals surface area (Å²) >= 11 is 0. The molecule has 45 heavy (non-hydrogen) atoms. The topological polar surface area (TPSA) is 162 Å². The van der Waals surface area contributed by atoms with Gasteiger partial charge in [0.2, 0.25) is 10.0 Å². The van der Waals surface area contributed by atoms with Crippen LogP contribution in [-0.2, 0) is 19.6 Å². The summed E-state index contributed by atoms with van der Waals surface area (Å²) in [5, 5.41) is 12.8. The molecule has 1 saturated heterocycles. The number of hydrogen-bond acceptors (Lipinski definition) is 6. The van der Waals surface area contributed by atoms with E-state index < -0.39 is 27.6 Å². The van der Waals surface area contributed by atoms with Gasteiger partial charge in [0, 0.05) is 44.1 Å². The van der Waals surface area contributed by atoms with Crippen molar-refractivity contribution in [3.8, 4) is 0 Å². The number of hydrogen-bond donors (Lipinski definition) is 3. The largest absolute Gasteiger partial charge is 0.481 e. The lowest BCUT2D eigenvalue weighted by atomic mass is 9.89. The number of carboxylic acids is 1. The van der Waals surface area contributed by atoms with Crippen molar-refractivity contribution in [3.63, 3.8) is 0 Å². The molecule has 0 unspecified atom stereocenters. The number of aliphatic imine (C=N–C) groups is 1. The van der Waals surface area contributed by atoms with Gasteiger partial charge in [0.05, 0.1) is 0 Å². The van der Waals surface area contributed by atoms with Gasteiger partial charge in [0.1, 0.15) is 11.4 Å². The minimum absolute atomic E-state index is 0.125. The van der Waals surface area contributed by atoms with Gasteiger partial charge in [-0.1, -0.05) is 57.8 Å². The summed E-state index contributed by atoms with van der Waals surface area (Å²) in [6, 6.07) is 3.01. The molecule has 4 N–H and O–H groups in total. The van der Waals surface area contributed by atoms with Crippen molar-refractivity contribution in [2.75, 3.05) is 25.0 Å². The average molecular weight is 646 g/mol. The van der Waals surface area contributed by atoms with Crippen molar-refractivity contribution in [1.82, 2.24) is 9.62 Å². The lowest BCUT2D eigenvalue weighted by Crippen LogP contribution is -2.50. The fourth-order valence-corrected chi connectivity index (χ4v) is 7.26. The van der Waals surface area contributed by atoms with Crippen LogP contribution in [0.4, 0.5) is 10.5 Å². The van der Waals surface area contributed by atoms with E-state index in [9.17, 15) is 22.8 Å². The first-order valence-electron chi connectivity index (χ1n) is 16.3. The minimum atomic E-state index is -3.70. The Hall–Kier alpha value is -3.25. The first-order valence-corrected chi connectivity index (χ1v) is 17.8. The van der Waals surface area contributed by atoms with Crippen LogP contribution in [0.5, 0.6) is 0 Å². The number of carbonyl (C=O) groups excluding carboxylic acids is 2. The Bertz CT molecular complexity index is 1340. The Morgan fingerprint density at radius 1 is 0.978 bits per heavy atom. The zero-order valence-electron chi connectivity index (χ0n) is 27.1. The summed E-state index contributed by atoms with van der Waals surface area (Å²) in [6.07, 6.45) is 15.4. The lowest BCUT2D eigenvalue weighted by Gasteiger charge is -2.34. The normalized spacial score (nSPS) is 16.7. The molecular formula is C33H51N5O6S. The van der Waals surface area contributed by atoms with E-state index in [1.165, 1.54) is 46.7 Å². The highest BCUT2D eigenvalue weighted by Crippen LogP contribution is 2.32. The third-order valence-electron chi connectivity index (χ3n) is 8.95. The van der Waals surface area contributed by atoms with Gasteiger partial charge in [-0.05, 0) is 74.4 Å². The molecule has 0 aliphatic carbocycles. The maximum absolute atomic E-state index is 13.2. The predicted octanol–water partition coefficient (Wildman–Crippen LogP) is 5.64. The third kappa shape index (κ3) is 10.7. The minimum Gasteiger partial charge on any atom is -0.481 e. The molecule has 0 aromatic heterocycles. The van der Waals surface area contributed by atoms with E-state index in [-0.39, 0.29) is 25.4 Å². The molecule has 250 valence electrons. The molecule has 3 rings (SSSR count). The van der Waals surface area contributed by atoms with Crippen molar-refractivity contribution < 1.29 is 27.9 Å². The van der Waals surface area contributed by atoms with Crippen LogP contribution in [0, 0.1) is 13.8 Å². The highest BCUT2D eigenvalue weighted by atomic mass is 32.2. The predicted molar refractivity (Wildman–Crippen MR) is 179 cm³/mol. The van der Waals surface area contributed by atoms with Gasteiger partial charge in [-0.3, -0.25) is 19.5 Å². The Morgan fingerprint density at radius 3 is 2.00 bits per heavy atom. The number of carbonyl (C=O) groups is 3. The summed E-state index contributed by atoms with van der Waals surface area (Å²) in [4.78, 5) is 41.1. The molecule has 1 aromatic rings. The Morgan fingerprint density at radius 2 is 1.49 bits per heavy atom. The highest BCUT2D eigenvalue weighted by Gasteiger charge is 2.46. The monoisotopic (exact) mass is 645 g/mol. The number of rotatable bonds is 18. The molecule has 0 saturated carbocycles. The second kappa shape index (κ2) is 16.9. The number of nitrogens with zero attached hydrogens (tertiary/aromatic N) is 3. The lowest BCUT2D eigenvalue weighted by molar-refractivity contribution is -0.137. The number of unbranched alkanes of at least 4 members (excludes halogenated alkanes) is 10. The number of primary amides is 1. The highest BCUT2D eigenvalue weighted by molar-refractivity contribution is 7.92. The third-order valence-corrected chi connectivity index (χ3v) is 10.5. The molecule has 12 heteroatoms. The van der Waals surface area contributed by atoms with Crippen LogP contribution >= 0.6 is 0 Å². The molecular weight excluding hydrogens is 594 g/mol. The van der Waals surface area contributed by atoms with Crippen LogP contribution in [0.2, 0.25) is 0 Å². The average Bonchev–Trinajstić information content (AvgIpc) is 3.28. The number of amides is 3. The zero-order valence-corrected chi connectivity index (χ0v) is 28.0. The second-order valence-corrected chi connectivity index (χ2v) is 14.3. The van der Waals surface area contributed by atoms with Crippen molar-refractivity contribution in [2.45, 2.75) is 116 Å². The van der Waals surface area contributed by atoms with Crippen LogP contribution < -0.4 is 16.0 Å². The molecule has 0 radical (unpaired) electrons. The second-order valence-electron chi connectivity index (χ2n) is 12.5. The number of anilines is 1. The quantitative estimate of drug-likeness (QED) is 0.175. The summed E-state index contributed by atoms with van der Waals surface area (Å²) in [5.74, 6) is -0.116. The van der Waals surface area contributed by atoms with Crippen molar-refractivity contribution in [3.05, 3.63) is 34.2 Å². The fourth-order valence-electron chi connectivity index (χ4n) is 6.09. The Kier molecular flexibility index (Phi) is 13.6. The Labute approximate surface area is 268 Å². The van der Waals surface area contributed by atoms with Gasteiger partial charge >= 0.3 is 12.0 Å². The first kappa shape index (κ1) is 36.2. The first-order chi connectivity index (χ1) is 21.3. The van der Waals surface area contributed by atoms with Crippen LogP contribution in [0.25, 0.3) is 6.08 Å².